The second kappa shape index (κ2) is 4.09. The molecular formula is C21H16N4. The van der Waals surface area contributed by atoms with E-state index in [0.717, 1.165) is 17.0 Å². The molecule has 25 heavy (non-hydrogen) atoms. The van der Waals surface area contributed by atoms with Crippen LogP contribution < -0.4 is 0 Å². The van der Waals surface area contributed by atoms with E-state index in [9.17, 15) is 0 Å². The Hall–Kier alpha value is -3.14. The maximum atomic E-state index is 4.98. The molecule has 0 bridgehead atoms. The summed E-state index contributed by atoms with van der Waals surface area (Å²) in [6.07, 6.45) is 6.07. The number of pyridine rings is 1. The first-order valence-corrected chi connectivity index (χ1v) is 8.53. The fourth-order valence-corrected chi connectivity index (χ4v) is 4.48. The Balaban J connectivity index is 1.94. The van der Waals surface area contributed by atoms with Gasteiger partial charge in [-0.1, -0.05) is 30.3 Å². The second-order valence-electron chi connectivity index (χ2n) is 7.25. The first-order chi connectivity index (χ1) is 12.2. The lowest BCUT2D eigenvalue weighted by Crippen LogP contribution is -2.32. The van der Waals surface area contributed by atoms with Gasteiger partial charge in [0.15, 0.2) is 0 Å². The fourth-order valence-electron chi connectivity index (χ4n) is 4.48. The number of rotatable bonds is 0. The predicted molar refractivity (Wildman–Crippen MR) is 99.8 cm³/mol. The van der Waals surface area contributed by atoms with Crippen molar-refractivity contribution in [1.29, 1.82) is 0 Å². The summed E-state index contributed by atoms with van der Waals surface area (Å²) in [5.74, 6) is 1.04. The van der Waals surface area contributed by atoms with Gasteiger partial charge in [-0.15, -0.1) is 0 Å². The lowest BCUT2D eigenvalue weighted by molar-refractivity contribution is 0.455. The highest BCUT2D eigenvalue weighted by Gasteiger charge is 2.37. The van der Waals surface area contributed by atoms with E-state index in [1.54, 1.807) is 0 Å². The highest BCUT2D eigenvalue weighted by Crippen LogP contribution is 2.47. The van der Waals surface area contributed by atoms with Crippen LogP contribution in [0.2, 0.25) is 0 Å². The summed E-state index contributed by atoms with van der Waals surface area (Å²) >= 11 is 0. The maximum absolute atomic E-state index is 4.98. The van der Waals surface area contributed by atoms with Crippen LogP contribution >= 0.6 is 0 Å². The number of nitrogens with zero attached hydrogens (tertiary/aromatic N) is 4. The van der Waals surface area contributed by atoms with Crippen molar-refractivity contribution >= 4 is 27.5 Å². The Kier molecular flexibility index (Phi) is 2.16. The van der Waals surface area contributed by atoms with E-state index in [1.807, 2.05) is 12.4 Å². The Morgan fingerprint density at radius 2 is 1.88 bits per heavy atom. The Morgan fingerprint density at radius 3 is 2.80 bits per heavy atom. The zero-order chi connectivity index (χ0) is 16.8. The van der Waals surface area contributed by atoms with Crippen LogP contribution in [0.15, 0.2) is 61.1 Å². The number of benzene rings is 2. The summed E-state index contributed by atoms with van der Waals surface area (Å²) in [5.41, 5.74) is 5.43. The van der Waals surface area contributed by atoms with Crippen molar-refractivity contribution in [2.75, 3.05) is 0 Å². The molecule has 4 heteroatoms. The predicted octanol–water partition coefficient (Wildman–Crippen LogP) is 4.60. The average Bonchev–Trinajstić information content (AvgIpc) is 3.22. The van der Waals surface area contributed by atoms with Crippen molar-refractivity contribution < 1.29 is 0 Å². The fraction of sp³-hybridized carbons (Fsp3) is 0.143. The third-order valence-electron chi connectivity index (χ3n) is 5.49. The molecule has 0 unspecified atom stereocenters. The molecule has 3 aromatic heterocycles. The van der Waals surface area contributed by atoms with Gasteiger partial charge < -0.3 is 8.97 Å². The SMILES string of the molecule is CC1(C)c2c3c(cccc3cn3ccnc23)-c2nc3ccccc3n21. The quantitative estimate of drug-likeness (QED) is 0.417. The van der Waals surface area contributed by atoms with Gasteiger partial charge in [0.2, 0.25) is 0 Å². The van der Waals surface area contributed by atoms with Crippen LogP contribution in [0.4, 0.5) is 0 Å². The van der Waals surface area contributed by atoms with Crippen molar-refractivity contribution in [2.24, 2.45) is 0 Å². The third kappa shape index (κ3) is 1.44. The van der Waals surface area contributed by atoms with E-state index in [4.69, 9.17) is 4.98 Å². The second-order valence-corrected chi connectivity index (χ2v) is 7.25. The molecule has 0 amide bonds. The summed E-state index contributed by atoms with van der Waals surface area (Å²) < 4.78 is 4.50. The largest absolute Gasteiger partial charge is 0.314 e. The van der Waals surface area contributed by atoms with Crippen LogP contribution in [-0.2, 0) is 5.54 Å². The highest BCUT2D eigenvalue weighted by atomic mass is 15.2. The van der Waals surface area contributed by atoms with Crippen LogP contribution in [0.5, 0.6) is 0 Å². The molecule has 0 N–H and O–H groups in total. The van der Waals surface area contributed by atoms with Crippen LogP contribution in [0.25, 0.3) is 38.8 Å². The van der Waals surface area contributed by atoms with E-state index >= 15 is 0 Å². The van der Waals surface area contributed by atoms with Crippen LogP contribution in [-0.4, -0.2) is 18.9 Å². The van der Waals surface area contributed by atoms with E-state index in [1.165, 1.54) is 27.4 Å². The summed E-state index contributed by atoms with van der Waals surface area (Å²) in [5, 5.41) is 2.50. The minimum atomic E-state index is -0.244. The van der Waals surface area contributed by atoms with Gasteiger partial charge in [0.1, 0.15) is 11.5 Å². The Morgan fingerprint density at radius 1 is 1.00 bits per heavy atom. The van der Waals surface area contributed by atoms with E-state index in [-0.39, 0.29) is 5.54 Å². The van der Waals surface area contributed by atoms with Gasteiger partial charge in [-0.3, -0.25) is 0 Å². The Bertz CT molecular complexity index is 1320. The molecule has 0 radical (unpaired) electrons. The minimum Gasteiger partial charge on any atom is -0.314 e. The van der Waals surface area contributed by atoms with Gasteiger partial charge in [-0.2, -0.15) is 0 Å². The van der Waals surface area contributed by atoms with Crippen molar-refractivity contribution in [3.8, 4) is 11.4 Å². The van der Waals surface area contributed by atoms with Gasteiger partial charge in [-0.05, 0) is 31.4 Å². The van der Waals surface area contributed by atoms with Crippen molar-refractivity contribution in [3.05, 3.63) is 66.6 Å². The Labute approximate surface area is 144 Å². The standard InChI is InChI=1S/C21H16N4/c1-21(2)18-17-13(12-24-11-10-22-20(18)24)6-5-7-14(17)19-23-15-8-3-4-9-16(15)25(19)21/h3-12H,1-2H3. The average molecular weight is 324 g/mol. The van der Waals surface area contributed by atoms with Gasteiger partial charge in [0.25, 0.3) is 0 Å². The zero-order valence-electron chi connectivity index (χ0n) is 14.1. The third-order valence-corrected chi connectivity index (χ3v) is 5.49. The molecule has 0 aliphatic carbocycles. The van der Waals surface area contributed by atoms with Gasteiger partial charge in [0.05, 0.1) is 16.6 Å². The van der Waals surface area contributed by atoms with E-state index < -0.39 is 0 Å². The van der Waals surface area contributed by atoms with E-state index in [2.05, 4.69) is 76.5 Å². The van der Waals surface area contributed by atoms with Gasteiger partial charge in [0, 0.05) is 35.1 Å². The normalized spacial score (nSPS) is 15.1. The lowest BCUT2D eigenvalue weighted by Gasteiger charge is -2.35. The van der Waals surface area contributed by atoms with Gasteiger partial charge >= 0.3 is 0 Å². The summed E-state index contributed by atoms with van der Waals surface area (Å²) in [6, 6.07) is 14.9. The summed E-state index contributed by atoms with van der Waals surface area (Å²) in [7, 11) is 0. The zero-order valence-corrected chi connectivity index (χ0v) is 14.1. The van der Waals surface area contributed by atoms with Crippen molar-refractivity contribution in [3.63, 3.8) is 0 Å². The number of para-hydroxylation sites is 2. The number of hydrogen-bond donors (Lipinski definition) is 0. The number of aromatic nitrogens is 4. The van der Waals surface area contributed by atoms with Gasteiger partial charge in [-0.25, -0.2) is 9.97 Å². The van der Waals surface area contributed by atoms with Crippen LogP contribution in [0, 0.1) is 0 Å². The van der Waals surface area contributed by atoms with Crippen molar-refractivity contribution in [2.45, 2.75) is 19.4 Å². The number of imidazole rings is 2. The molecule has 4 nitrogen and oxygen atoms in total. The molecule has 0 fully saturated rings. The first kappa shape index (κ1) is 13.2. The summed E-state index contributed by atoms with van der Waals surface area (Å²) in [6.45, 7) is 4.54. The van der Waals surface area contributed by atoms with E-state index in [0.29, 0.717) is 0 Å². The maximum Gasteiger partial charge on any atom is 0.142 e. The summed E-state index contributed by atoms with van der Waals surface area (Å²) in [4.78, 5) is 9.65. The molecule has 1 aliphatic heterocycles. The molecule has 2 aromatic carbocycles. The van der Waals surface area contributed by atoms with Crippen LogP contribution in [0.1, 0.15) is 19.4 Å². The van der Waals surface area contributed by atoms with Crippen LogP contribution in [0.3, 0.4) is 0 Å². The molecule has 4 heterocycles. The molecule has 0 saturated carbocycles. The lowest BCUT2D eigenvalue weighted by atomic mass is 9.84. The number of hydrogen-bond acceptors (Lipinski definition) is 2. The molecule has 0 saturated heterocycles. The highest BCUT2D eigenvalue weighted by molar-refractivity contribution is 6.04. The molecule has 0 atom stereocenters. The minimum absolute atomic E-state index is 0.244. The smallest absolute Gasteiger partial charge is 0.142 e. The molecule has 5 aromatic rings. The molecule has 120 valence electrons. The monoisotopic (exact) mass is 324 g/mol. The molecule has 1 aliphatic rings. The molecule has 6 rings (SSSR count). The van der Waals surface area contributed by atoms with Crippen molar-refractivity contribution in [1.82, 2.24) is 18.9 Å². The molecular weight excluding hydrogens is 308 g/mol. The first-order valence-electron chi connectivity index (χ1n) is 8.53. The molecule has 0 spiro atoms. The topological polar surface area (TPSA) is 35.1 Å². The number of fused-ring (bicyclic) bond motifs is 6.